The number of aromatic nitrogens is 3. The van der Waals surface area contributed by atoms with Crippen LogP contribution in [-0.4, -0.2) is 75.9 Å². The van der Waals surface area contributed by atoms with Gasteiger partial charge in [0, 0.05) is 48.6 Å². The highest BCUT2D eigenvalue weighted by Crippen LogP contribution is 2.45. The van der Waals surface area contributed by atoms with Crippen LogP contribution in [0.2, 0.25) is 0 Å². The van der Waals surface area contributed by atoms with Crippen LogP contribution in [0.15, 0.2) is 30.3 Å². The SMILES string of the molecule is C#Cc1c(F)ccc2cccc(-c3nc4c5c(nc(OC[C@@]67CCCN6C[C@H](F)C7)nc5c3F)N3C[C@H]5CC[C@H](N5)[C@H]3CC[C@H]4C)c12. The Balaban J connectivity index is 1.26. The lowest BCUT2D eigenvalue weighted by Gasteiger charge is -2.44. The third-order valence-electron chi connectivity index (χ3n) is 11.6. The first kappa shape index (κ1) is 29.2. The molecule has 4 fully saturated rings. The predicted octanol–water partition coefficient (Wildman–Crippen LogP) is 6.27. The van der Waals surface area contributed by atoms with Crippen molar-refractivity contribution in [2.45, 2.75) is 87.6 Å². The second-order valence-electron chi connectivity index (χ2n) is 14.3. The molecule has 0 aliphatic carbocycles. The van der Waals surface area contributed by atoms with Crippen molar-refractivity contribution in [3.8, 4) is 29.6 Å². The van der Waals surface area contributed by atoms with Gasteiger partial charge in [-0.3, -0.25) is 4.90 Å². The molecular formula is C37H37F3N6O. The number of terminal acetylenes is 1. The second-order valence-corrected chi connectivity index (χ2v) is 14.3. The molecule has 1 N–H and O–H groups in total. The summed E-state index contributed by atoms with van der Waals surface area (Å²) in [6.07, 6.45) is 11.1. The molecule has 4 aromatic rings. The molecule has 4 saturated heterocycles. The maximum atomic E-state index is 17.2. The first-order valence-corrected chi connectivity index (χ1v) is 17.0. The molecule has 0 amide bonds. The van der Waals surface area contributed by atoms with Crippen molar-refractivity contribution in [1.82, 2.24) is 25.2 Å². The molecule has 0 saturated carbocycles. The number of nitrogens with zero attached hydrogens (tertiary/aromatic N) is 5. The van der Waals surface area contributed by atoms with Gasteiger partial charge < -0.3 is 15.0 Å². The molecule has 7 nitrogen and oxygen atoms in total. The average molecular weight is 639 g/mol. The summed E-state index contributed by atoms with van der Waals surface area (Å²) in [6.45, 7) is 4.37. The highest BCUT2D eigenvalue weighted by atomic mass is 19.1. The standard InChI is InChI=1S/C37H37F3N6O/c1-3-24-26(39)11-9-21-6-4-7-25(29(21)24)33-31(40)34-30-32(42-33)20(2)8-13-28-27-12-10-23(41-27)18-46(28)35(30)44-36(43-34)47-19-37-14-5-15-45(37)17-22(38)16-37/h1,4,6-7,9,11,20,22-23,27-28,41H,5,8,10,12-19H2,2H3/t20-,22-,23-,27+,28-,37+/m1/s1. The van der Waals surface area contributed by atoms with Crippen molar-refractivity contribution >= 4 is 27.5 Å². The number of pyridine rings is 1. The van der Waals surface area contributed by atoms with Gasteiger partial charge in [-0.05, 0) is 62.4 Å². The van der Waals surface area contributed by atoms with E-state index in [1.165, 1.54) is 6.07 Å². The first-order valence-electron chi connectivity index (χ1n) is 17.0. The van der Waals surface area contributed by atoms with E-state index in [1.807, 2.05) is 6.07 Å². The van der Waals surface area contributed by atoms with E-state index >= 15 is 8.78 Å². The van der Waals surface area contributed by atoms with Crippen LogP contribution in [0.5, 0.6) is 6.01 Å². The summed E-state index contributed by atoms with van der Waals surface area (Å²) in [7, 11) is 0. The Morgan fingerprint density at radius 2 is 1.96 bits per heavy atom. The fraction of sp³-hybridized carbons (Fsp3) is 0.486. The number of ether oxygens (including phenoxy) is 1. The monoisotopic (exact) mass is 638 g/mol. The topological polar surface area (TPSA) is 66.4 Å². The summed E-state index contributed by atoms with van der Waals surface area (Å²) >= 11 is 0. The third-order valence-corrected chi connectivity index (χ3v) is 11.6. The van der Waals surface area contributed by atoms with Crippen LogP contribution in [0.1, 0.15) is 69.0 Å². The molecule has 9 rings (SSSR count). The summed E-state index contributed by atoms with van der Waals surface area (Å²) in [6, 6.07) is 9.30. The number of rotatable bonds is 4. The Labute approximate surface area is 271 Å². The summed E-state index contributed by atoms with van der Waals surface area (Å²) in [5, 5.41) is 5.54. The Bertz CT molecular complexity index is 1980. The van der Waals surface area contributed by atoms with Crippen molar-refractivity contribution in [2.75, 3.05) is 31.1 Å². The number of alkyl halides is 1. The van der Waals surface area contributed by atoms with E-state index in [4.69, 9.17) is 26.1 Å². The smallest absolute Gasteiger partial charge is 0.319 e. The second kappa shape index (κ2) is 10.8. The fourth-order valence-corrected chi connectivity index (χ4v) is 9.35. The lowest BCUT2D eigenvalue weighted by molar-refractivity contribution is 0.107. The van der Waals surface area contributed by atoms with Gasteiger partial charge in [-0.2, -0.15) is 9.97 Å². The maximum absolute atomic E-state index is 17.2. The molecule has 7 heterocycles. The molecule has 2 aromatic carbocycles. The van der Waals surface area contributed by atoms with Gasteiger partial charge in [0.2, 0.25) is 0 Å². The quantitative estimate of drug-likeness (QED) is 0.265. The van der Waals surface area contributed by atoms with Gasteiger partial charge in [-0.1, -0.05) is 37.1 Å². The van der Waals surface area contributed by atoms with Gasteiger partial charge in [-0.15, -0.1) is 6.42 Å². The largest absolute Gasteiger partial charge is 0.461 e. The van der Waals surface area contributed by atoms with E-state index in [9.17, 15) is 4.39 Å². The van der Waals surface area contributed by atoms with Crippen molar-refractivity contribution in [3.63, 3.8) is 0 Å². The lowest BCUT2D eigenvalue weighted by atomic mass is 9.88. The van der Waals surface area contributed by atoms with Crippen LogP contribution in [0, 0.1) is 24.0 Å². The Hall–Kier alpha value is -3.94. The fourth-order valence-electron chi connectivity index (χ4n) is 9.35. The highest BCUT2D eigenvalue weighted by Gasteiger charge is 2.50. The van der Waals surface area contributed by atoms with E-state index < -0.39 is 23.3 Å². The average Bonchev–Trinajstić information content (AvgIpc) is 3.74. The van der Waals surface area contributed by atoms with E-state index in [2.05, 4.69) is 28.0 Å². The zero-order valence-electron chi connectivity index (χ0n) is 26.4. The number of nitrogens with one attached hydrogen (secondary N) is 1. The van der Waals surface area contributed by atoms with Crippen LogP contribution >= 0.6 is 0 Å². The normalized spacial score (nSPS) is 29.9. The number of fused-ring (bicyclic) bond motifs is 7. The number of anilines is 1. The van der Waals surface area contributed by atoms with Crippen LogP contribution < -0.4 is 15.0 Å². The molecule has 242 valence electrons. The van der Waals surface area contributed by atoms with Crippen LogP contribution in [0.3, 0.4) is 0 Å². The predicted molar refractivity (Wildman–Crippen MR) is 175 cm³/mol. The number of piperazine rings is 1. The molecule has 2 bridgehead atoms. The van der Waals surface area contributed by atoms with Gasteiger partial charge in [0.05, 0.1) is 22.2 Å². The van der Waals surface area contributed by atoms with Crippen LogP contribution in [-0.2, 0) is 0 Å². The van der Waals surface area contributed by atoms with Gasteiger partial charge in [0.1, 0.15) is 35.6 Å². The van der Waals surface area contributed by atoms with Crippen molar-refractivity contribution < 1.29 is 17.9 Å². The molecule has 0 unspecified atom stereocenters. The molecule has 5 aliphatic heterocycles. The Morgan fingerprint density at radius 1 is 1.06 bits per heavy atom. The van der Waals surface area contributed by atoms with Crippen molar-refractivity contribution in [2.24, 2.45) is 0 Å². The zero-order chi connectivity index (χ0) is 32.0. The zero-order valence-corrected chi connectivity index (χ0v) is 26.4. The highest BCUT2D eigenvalue weighted by molar-refractivity contribution is 6.03. The van der Waals surface area contributed by atoms with Gasteiger partial charge in [-0.25, -0.2) is 18.2 Å². The summed E-state index contributed by atoms with van der Waals surface area (Å²) in [5.41, 5.74) is 1.02. The van der Waals surface area contributed by atoms with Crippen molar-refractivity contribution in [1.29, 1.82) is 0 Å². The summed E-state index contributed by atoms with van der Waals surface area (Å²) in [5.74, 6) is 1.96. The molecular weight excluding hydrogens is 601 g/mol. The first-order chi connectivity index (χ1) is 22.8. The van der Waals surface area contributed by atoms with Gasteiger partial charge >= 0.3 is 6.01 Å². The number of halogens is 3. The maximum Gasteiger partial charge on any atom is 0.319 e. The Kier molecular flexibility index (Phi) is 6.71. The lowest BCUT2D eigenvalue weighted by Crippen LogP contribution is -2.58. The van der Waals surface area contributed by atoms with Crippen LogP contribution in [0.25, 0.3) is 32.9 Å². The Morgan fingerprint density at radius 3 is 2.83 bits per heavy atom. The minimum Gasteiger partial charge on any atom is -0.461 e. The summed E-state index contributed by atoms with van der Waals surface area (Å²) < 4.78 is 53.2. The molecule has 47 heavy (non-hydrogen) atoms. The van der Waals surface area contributed by atoms with Crippen LogP contribution in [0.4, 0.5) is 19.0 Å². The number of hydrogen-bond acceptors (Lipinski definition) is 7. The van der Waals surface area contributed by atoms with E-state index in [1.54, 1.807) is 18.2 Å². The minimum absolute atomic E-state index is 0.0167. The number of hydrogen-bond donors (Lipinski definition) is 1. The van der Waals surface area contributed by atoms with Gasteiger partial charge in [0.25, 0.3) is 0 Å². The molecule has 2 aromatic heterocycles. The third kappa shape index (κ3) is 4.46. The molecule has 10 heteroatoms. The minimum atomic E-state index is -0.893. The van der Waals surface area contributed by atoms with Gasteiger partial charge in [0.15, 0.2) is 5.82 Å². The number of benzene rings is 2. The van der Waals surface area contributed by atoms with E-state index in [0.29, 0.717) is 52.6 Å². The molecule has 6 atom stereocenters. The van der Waals surface area contributed by atoms with E-state index in [0.717, 1.165) is 57.3 Å². The molecule has 0 radical (unpaired) electrons. The molecule has 5 aliphatic rings. The summed E-state index contributed by atoms with van der Waals surface area (Å²) in [4.78, 5) is 19.4. The van der Waals surface area contributed by atoms with Crippen molar-refractivity contribution in [3.05, 3.63) is 53.2 Å². The molecule has 0 spiro atoms. The van der Waals surface area contributed by atoms with E-state index in [-0.39, 0.29) is 41.4 Å².